The monoisotopic (exact) mass is 950 g/mol. The van der Waals surface area contributed by atoms with Crippen LogP contribution in [0.2, 0.25) is 0 Å². The molecule has 2 saturated carbocycles. The molecule has 2 aromatic heterocycles. The Morgan fingerprint density at radius 3 is 2.19 bits per heavy atom. The van der Waals surface area contributed by atoms with Crippen LogP contribution in [0.1, 0.15) is 109 Å². The van der Waals surface area contributed by atoms with Crippen LogP contribution in [0.3, 0.4) is 0 Å². The second kappa shape index (κ2) is 18.0. The first-order chi connectivity index (χ1) is 34.0. The van der Waals surface area contributed by atoms with Crippen molar-refractivity contribution in [3.63, 3.8) is 0 Å². The van der Waals surface area contributed by atoms with Gasteiger partial charge in [-0.15, -0.1) is 0 Å². The lowest BCUT2D eigenvalue weighted by Gasteiger charge is -2.48. The maximum Gasteiger partial charge on any atom is 0.328 e. The van der Waals surface area contributed by atoms with Crippen LogP contribution in [0.25, 0.3) is 22.3 Å². The largest absolute Gasteiger partial charge is 0.371 e. The molecule has 8 heterocycles. The Hall–Kier alpha value is -6.03. The number of hydrogen-bond donors (Lipinski definition) is 2. The van der Waals surface area contributed by atoms with Gasteiger partial charge in [-0.2, -0.15) is 0 Å². The van der Waals surface area contributed by atoms with E-state index < -0.39 is 11.4 Å². The number of pyridine rings is 1. The highest BCUT2D eigenvalue weighted by Crippen LogP contribution is 2.52. The number of benzene rings is 2. The number of urea groups is 1. The lowest BCUT2D eigenvalue weighted by atomic mass is 9.73. The predicted octanol–water partition coefficient (Wildman–Crippen LogP) is 6.69. The van der Waals surface area contributed by atoms with E-state index in [4.69, 9.17) is 9.97 Å². The summed E-state index contributed by atoms with van der Waals surface area (Å²) < 4.78 is 2.19. The van der Waals surface area contributed by atoms with Gasteiger partial charge in [0.15, 0.2) is 5.82 Å². The van der Waals surface area contributed by atoms with Crippen LogP contribution in [-0.4, -0.2) is 136 Å². The highest BCUT2D eigenvalue weighted by Gasteiger charge is 2.56. The Morgan fingerprint density at radius 2 is 1.47 bits per heavy atom. The molecule has 7 fully saturated rings. The predicted molar refractivity (Wildman–Crippen MR) is 269 cm³/mol. The van der Waals surface area contributed by atoms with E-state index in [-0.39, 0.29) is 54.0 Å². The molecule has 16 heteroatoms. The van der Waals surface area contributed by atoms with Gasteiger partial charge in [0.25, 0.3) is 0 Å². The summed E-state index contributed by atoms with van der Waals surface area (Å²) in [6.07, 6.45) is 13.6. The molecule has 1 atom stereocenters. The Kier molecular flexibility index (Phi) is 11.6. The molecular weight excluding hydrogens is 883 g/mol. The molecular formula is C54H67N11O5. The maximum absolute atomic E-state index is 15.2. The number of carbonyl (C=O) groups is 5. The summed E-state index contributed by atoms with van der Waals surface area (Å²) in [4.78, 5) is 90.1. The lowest BCUT2D eigenvalue weighted by Crippen LogP contribution is -2.58. The van der Waals surface area contributed by atoms with E-state index in [0.717, 1.165) is 115 Å². The fourth-order valence-electron chi connectivity index (χ4n) is 12.9. The second-order valence-electron chi connectivity index (χ2n) is 21.9. The van der Waals surface area contributed by atoms with Crippen molar-refractivity contribution in [1.29, 1.82) is 0 Å². The molecule has 6 amide bonds. The van der Waals surface area contributed by atoms with Gasteiger partial charge in [-0.1, -0.05) is 18.6 Å². The number of imide groups is 1. The molecule has 1 spiro atoms. The summed E-state index contributed by atoms with van der Waals surface area (Å²) in [5.41, 5.74) is 6.97. The number of rotatable bonds is 10. The molecule has 0 bridgehead atoms. The number of nitrogens with zero attached hydrogens (tertiary/aromatic N) is 9. The number of imidazole rings is 1. The van der Waals surface area contributed by atoms with Crippen LogP contribution < -0.4 is 25.3 Å². The molecule has 12 rings (SSSR count). The zero-order valence-corrected chi connectivity index (χ0v) is 40.8. The topological polar surface area (TPSA) is 160 Å². The highest BCUT2D eigenvalue weighted by atomic mass is 16.2. The summed E-state index contributed by atoms with van der Waals surface area (Å²) in [6, 6.07) is 17.4. The van der Waals surface area contributed by atoms with Crippen molar-refractivity contribution in [3.8, 4) is 11.3 Å². The van der Waals surface area contributed by atoms with Crippen LogP contribution in [0, 0.1) is 11.8 Å². The Balaban J connectivity index is 0.712. The SMILES string of the molecule is CC(C)n1cnc2cc(-c3ccc4c(c3)N(C3CC(N5CCCCC5)C3)C(=O)C43CCN(C(=O)[C@@H]4CCN(C(=O)C5CCN(c6ccc(N7CCC(=O)NC7=O)cc6)CC5)C4)CC3)nc(NC3CC3)c21. The average molecular weight is 950 g/mol. The molecule has 0 radical (unpaired) electrons. The fourth-order valence-corrected chi connectivity index (χ4v) is 12.9. The van der Waals surface area contributed by atoms with E-state index in [0.29, 0.717) is 64.1 Å². The third-order valence-electron chi connectivity index (χ3n) is 17.3. The van der Waals surface area contributed by atoms with Gasteiger partial charge in [0.2, 0.25) is 23.6 Å². The van der Waals surface area contributed by atoms with Crippen LogP contribution >= 0.6 is 0 Å². The van der Waals surface area contributed by atoms with E-state index in [1.165, 1.54) is 19.3 Å². The van der Waals surface area contributed by atoms with Crippen molar-refractivity contribution in [2.45, 2.75) is 127 Å². The quantitative estimate of drug-likeness (QED) is 0.176. The number of likely N-dealkylation sites (tertiary alicyclic amines) is 3. The molecule has 2 aromatic carbocycles. The zero-order chi connectivity index (χ0) is 47.8. The van der Waals surface area contributed by atoms with Gasteiger partial charge in [-0.05, 0) is 140 Å². The third-order valence-corrected chi connectivity index (χ3v) is 17.3. The van der Waals surface area contributed by atoms with Gasteiger partial charge in [-0.25, -0.2) is 14.8 Å². The van der Waals surface area contributed by atoms with Gasteiger partial charge >= 0.3 is 6.03 Å². The molecule has 5 saturated heterocycles. The van der Waals surface area contributed by atoms with E-state index in [2.05, 4.69) is 68.0 Å². The highest BCUT2D eigenvalue weighted by molar-refractivity contribution is 6.10. The van der Waals surface area contributed by atoms with Crippen molar-refractivity contribution in [2.24, 2.45) is 11.8 Å². The van der Waals surface area contributed by atoms with Crippen molar-refractivity contribution < 1.29 is 24.0 Å². The smallest absolute Gasteiger partial charge is 0.328 e. The number of anilines is 4. The van der Waals surface area contributed by atoms with E-state index in [1.54, 1.807) is 4.90 Å². The van der Waals surface area contributed by atoms with E-state index in [9.17, 15) is 19.2 Å². The first-order valence-corrected chi connectivity index (χ1v) is 26.4. The van der Waals surface area contributed by atoms with E-state index >= 15 is 4.79 Å². The molecule has 16 nitrogen and oxygen atoms in total. The van der Waals surface area contributed by atoms with Gasteiger partial charge in [0.1, 0.15) is 5.52 Å². The van der Waals surface area contributed by atoms with Crippen molar-refractivity contribution >= 4 is 63.6 Å². The summed E-state index contributed by atoms with van der Waals surface area (Å²) in [5, 5.41) is 6.08. The summed E-state index contributed by atoms with van der Waals surface area (Å²) in [6.45, 7) is 10.6. The maximum atomic E-state index is 15.2. The fraction of sp³-hybridized carbons (Fsp3) is 0.574. The van der Waals surface area contributed by atoms with Crippen molar-refractivity contribution in [3.05, 3.63) is 60.4 Å². The zero-order valence-electron chi connectivity index (χ0n) is 40.8. The number of nitrogens with one attached hydrogen (secondary N) is 2. The van der Waals surface area contributed by atoms with Gasteiger partial charge in [0, 0.05) is 105 Å². The van der Waals surface area contributed by atoms with Crippen LogP contribution in [-0.2, 0) is 24.6 Å². The molecule has 70 heavy (non-hydrogen) atoms. The van der Waals surface area contributed by atoms with Crippen LogP contribution in [0.5, 0.6) is 0 Å². The van der Waals surface area contributed by atoms with E-state index in [1.807, 2.05) is 40.4 Å². The number of amides is 6. The molecule has 4 aromatic rings. The minimum atomic E-state index is -0.687. The van der Waals surface area contributed by atoms with Gasteiger partial charge in [-0.3, -0.25) is 29.4 Å². The Labute approximate surface area is 410 Å². The Morgan fingerprint density at radius 1 is 0.757 bits per heavy atom. The Bertz CT molecular complexity index is 2700. The first-order valence-electron chi connectivity index (χ1n) is 26.4. The number of fused-ring (bicyclic) bond motifs is 3. The molecule has 2 aliphatic carbocycles. The summed E-state index contributed by atoms with van der Waals surface area (Å²) in [7, 11) is 0. The molecule has 8 aliphatic rings. The van der Waals surface area contributed by atoms with Gasteiger partial charge < -0.3 is 34.4 Å². The van der Waals surface area contributed by atoms with Crippen molar-refractivity contribution in [2.75, 3.05) is 78.9 Å². The third kappa shape index (κ3) is 8.07. The molecule has 2 N–H and O–H groups in total. The molecule has 0 unspecified atom stereocenters. The van der Waals surface area contributed by atoms with Gasteiger partial charge in [0.05, 0.1) is 28.9 Å². The van der Waals surface area contributed by atoms with Crippen LogP contribution in [0.15, 0.2) is 54.9 Å². The first kappa shape index (κ1) is 45.1. The number of aromatic nitrogens is 3. The average Bonchev–Trinajstić information content (AvgIpc) is 3.75. The van der Waals surface area contributed by atoms with Crippen LogP contribution in [0.4, 0.5) is 27.7 Å². The number of carbonyl (C=O) groups excluding carboxylic acids is 5. The summed E-state index contributed by atoms with van der Waals surface area (Å²) >= 11 is 0. The lowest BCUT2D eigenvalue weighted by molar-refractivity contribution is -0.140. The summed E-state index contributed by atoms with van der Waals surface area (Å²) in [5.74, 6) is 0.744. The second-order valence-corrected chi connectivity index (χ2v) is 21.9. The normalized spacial score (nSPS) is 25.3. The number of piperidine rings is 3. The minimum Gasteiger partial charge on any atom is -0.371 e. The molecule has 6 aliphatic heterocycles. The van der Waals surface area contributed by atoms with Crippen molar-refractivity contribution in [1.82, 2.24) is 34.6 Å². The molecule has 368 valence electrons. The number of hydrogen-bond acceptors (Lipinski definition) is 10. The standard InChI is InChI=1S/C54H67N11O5/c1-34(2)64-33-55-45-31-44(57-49(48(45)64)56-38-7-8-38)36-6-13-43-46(28-36)65(42-29-41(30-42)59-20-4-3-5-21-59)52(69)54(43)18-26-61(27-19-54)51(68)37-16-24-62(32-37)50(67)35-14-22-60(23-15-35)39-9-11-40(12-10-39)63-25-17-47(66)58-53(63)70/h6,9-13,28,31,33-35,37-38,41-42H,3-5,7-8,14-27,29-30,32H2,1-2H3,(H,56,57)(H,58,66,70)/t37-,41?,42?/m1/s1. The minimum absolute atomic E-state index is 0.0832.